The number of rotatable bonds is 3. The van der Waals surface area contributed by atoms with Crippen molar-refractivity contribution in [1.29, 1.82) is 0 Å². The molecule has 0 saturated carbocycles. The monoisotopic (exact) mass is 308 g/mol. The Kier molecular flexibility index (Phi) is 4.19. The van der Waals surface area contributed by atoms with E-state index in [-0.39, 0.29) is 11.2 Å². The summed E-state index contributed by atoms with van der Waals surface area (Å²) in [7, 11) is -2.63. The Morgan fingerprint density at radius 1 is 0.913 bits per heavy atom. The summed E-state index contributed by atoms with van der Waals surface area (Å²) in [5, 5.41) is 0. The Morgan fingerprint density at radius 2 is 1.61 bits per heavy atom. The Bertz CT molecular complexity index is 821. The molecule has 3 aromatic rings. The number of hydrogen-bond donors (Lipinski definition) is 0. The number of aryl methyl sites for hydroxylation is 1. The van der Waals surface area contributed by atoms with Crippen LogP contribution in [0, 0.1) is 13.8 Å². The average molecular weight is 308 g/mol. The van der Waals surface area contributed by atoms with Crippen LogP contribution >= 0.6 is 0 Å². The molecule has 0 unspecified atom stereocenters. The van der Waals surface area contributed by atoms with Crippen LogP contribution in [-0.2, 0) is 0 Å². The molecule has 0 saturated heterocycles. The van der Waals surface area contributed by atoms with Gasteiger partial charge in [0.1, 0.15) is 0 Å². The van der Waals surface area contributed by atoms with Gasteiger partial charge in [0.15, 0.2) is 0 Å². The molecule has 0 fully saturated rings. The number of hydrogen-bond acceptors (Lipinski definition) is 2. The van der Waals surface area contributed by atoms with Gasteiger partial charge < -0.3 is 0 Å². The van der Waals surface area contributed by atoms with Gasteiger partial charge in [0.05, 0.1) is 11.4 Å². The summed E-state index contributed by atoms with van der Waals surface area (Å²) in [6.45, 7) is 3.67. The molecule has 5 heteroatoms. The van der Waals surface area contributed by atoms with E-state index in [2.05, 4.69) is 9.97 Å². The van der Waals surface area contributed by atoms with Crippen LogP contribution < -0.4 is 5.46 Å². The molecular formula is C18H15BF2N2. The maximum Gasteiger partial charge on any atom is 0.574 e. The molecular weight excluding hydrogens is 293 g/mol. The van der Waals surface area contributed by atoms with Crippen LogP contribution in [0.3, 0.4) is 0 Å². The first-order valence-electron chi connectivity index (χ1n) is 7.35. The highest BCUT2D eigenvalue weighted by Crippen LogP contribution is 2.28. The molecule has 0 N–H and O–H groups in total. The van der Waals surface area contributed by atoms with Gasteiger partial charge >= 0.3 is 7.27 Å². The van der Waals surface area contributed by atoms with Gasteiger partial charge in [0.25, 0.3) is 0 Å². The predicted molar refractivity (Wildman–Crippen MR) is 90.0 cm³/mol. The average Bonchev–Trinajstić information content (AvgIpc) is 2.58. The maximum absolute atomic E-state index is 13.9. The lowest BCUT2D eigenvalue weighted by Crippen LogP contribution is -2.28. The van der Waals surface area contributed by atoms with Crippen LogP contribution in [0.15, 0.2) is 54.7 Å². The van der Waals surface area contributed by atoms with Crippen LogP contribution in [0.2, 0.25) is 0 Å². The second-order valence-electron chi connectivity index (χ2n) is 5.34. The van der Waals surface area contributed by atoms with E-state index >= 15 is 0 Å². The fourth-order valence-electron chi connectivity index (χ4n) is 2.70. The molecule has 0 spiro atoms. The van der Waals surface area contributed by atoms with Gasteiger partial charge in [-0.3, -0.25) is 18.6 Å². The third-order valence-electron chi connectivity index (χ3n) is 3.91. The summed E-state index contributed by atoms with van der Waals surface area (Å²) in [5.74, 6) is 0. The van der Waals surface area contributed by atoms with Gasteiger partial charge in [-0.2, -0.15) is 0 Å². The summed E-state index contributed by atoms with van der Waals surface area (Å²) >= 11 is 0. The fourth-order valence-corrected chi connectivity index (χ4v) is 2.70. The first kappa shape index (κ1) is 15.3. The van der Waals surface area contributed by atoms with E-state index in [1.165, 1.54) is 0 Å². The zero-order valence-electron chi connectivity index (χ0n) is 12.9. The van der Waals surface area contributed by atoms with Crippen LogP contribution in [0.1, 0.15) is 11.3 Å². The minimum atomic E-state index is -2.63. The smallest absolute Gasteiger partial charge is 0.281 e. The lowest BCUT2D eigenvalue weighted by Gasteiger charge is -2.17. The van der Waals surface area contributed by atoms with Gasteiger partial charge in [0, 0.05) is 17.4 Å². The van der Waals surface area contributed by atoms with E-state index in [0.717, 1.165) is 16.8 Å². The highest BCUT2D eigenvalue weighted by atomic mass is 19.2. The largest absolute Gasteiger partial charge is 0.574 e. The van der Waals surface area contributed by atoms with Gasteiger partial charge in [-0.05, 0) is 42.7 Å². The molecule has 114 valence electrons. The lowest BCUT2D eigenvalue weighted by molar-refractivity contribution is 0.684. The minimum absolute atomic E-state index is 0.0574. The standard InChI is InChI=1S/C18H15BF2N2/c1-12-13(2)23-18(15-10-6-7-11-22-15)17(19(20)21)16(12)14-8-4-3-5-9-14/h3-11H,1-2H3. The molecule has 23 heavy (non-hydrogen) atoms. The molecule has 0 amide bonds. The van der Waals surface area contributed by atoms with E-state index in [1.54, 1.807) is 24.4 Å². The zero-order valence-corrected chi connectivity index (χ0v) is 12.9. The molecule has 0 aliphatic carbocycles. The van der Waals surface area contributed by atoms with Gasteiger partial charge in [-0.15, -0.1) is 0 Å². The molecule has 0 radical (unpaired) electrons. The van der Waals surface area contributed by atoms with Crippen molar-refractivity contribution in [2.45, 2.75) is 13.8 Å². The summed E-state index contributed by atoms with van der Waals surface area (Å²) < 4.78 is 27.8. The maximum atomic E-state index is 13.9. The zero-order chi connectivity index (χ0) is 16.4. The van der Waals surface area contributed by atoms with Crippen molar-refractivity contribution in [3.63, 3.8) is 0 Å². The van der Waals surface area contributed by atoms with Gasteiger partial charge in [0.2, 0.25) is 0 Å². The van der Waals surface area contributed by atoms with E-state index in [4.69, 9.17) is 0 Å². The highest BCUT2D eigenvalue weighted by Gasteiger charge is 2.29. The Morgan fingerprint density at radius 3 is 2.22 bits per heavy atom. The van der Waals surface area contributed by atoms with Crippen molar-refractivity contribution >= 4 is 12.7 Å². The molecule has 0 atom stereocenters. The van der Waals surface area contributed by atoms with Crippen molar-refractivity contribution in [3.8, 4) is 22.5 Å². The summed E-state index contributed by atoms with van der Waals surface area (Å²) in [6.07, 6.45) is 1.59. The number of benzene rings is 1. The van der Waals surface area contributed by atoms with E-state index in [9.17, 15) is 8.63 Å². The predicted octanol–water partition coefficient (Wildman–Crippen LogP) is 4.06. The number of nitrogens with zero attached hydrogens (tertiary/aromatic N) is 2. The first-order valence-corrected chi connectivity index (χ1v) is 7.35. The topological polar surface area (TPSA) is 25.8 Å². The highest BCUT2D eigenvalue weighted by molar-refractivity contribution is 6.63. The van der Waals surface area contributed by atoms with Crippen LogP contribution in [0.5, 0.6) is 0 Å². The molecule has 1 aromatic carbocycles. The van der Waals surface area contributed by atoms with Crippen molar-refractivity contribution in [2.24, 2.45) is 0 Å². The van der Waals surface area contributed by atoms with Crippen LogP contribution in [0.25, 0.3) is 22.5 Å². The number of aromatic nitrogens is 2. The van der Waals surface area contributed by atoms with E-state index in [1.807, 2.05) is 44.2 Å². The third-order valence-corrected chi connectivity index (χ3v) is 3.91. The molecule has 0 aliphatic rings. The van der Waals surface area contributed by atoms with Gasteiger partial charge in [-0.25, -0.2) is 0 Å². The molecule has 2 heterocycles. The van der Waals surface area contributed by atoms with E-state index in [0.29, 0.717) is 11.3 Å². The quantitative estimate of drug-likeness (QED) is 0.682. The second-order valence-corrected chi connectivity index (χ2v) is 5.34. The SMILES string of the molecule is Cc1nc(-c2ccccn2)c(B(F)F)c(-c2ccccc2)c1C. The first-order chi connectivity index (χ1) is 11.1. The molecule has 2 aromatic heterocycles. The van der Waals surface area contributed by atoms with Crippen molar-refractivity contribution < 1.29 is 8.63 Å². The van der Waals surface area contributed by atoms with Crippen molar-refractivity contribution in [1.82, 2.24) is 9.97 Å². The molecule has 3 rings (SSSR count). The lowest BCUT2D eigenvalue weighted by atomic mass is 9.76. The summed E-state index contributed by atoms with van der Waals surface area (Å²) in [4.78, 5) is 8.61. The Hall–Kier alpha value is -2.56. The molecule has 0 bridgehead atoms. The summed E-state index contributed by atoms with van der Waals surface area (Å²) in [6, 6.07) is 14.5. The number of halogens is 2. The fraction of sp³-hybridized carbons (Fsp3) is 0.111. The number of pyridine rings is 2. The molecule has 2 nitrogen and oxygen atoms in total. The normalized spacial score (nSPS) is 10.6. The summed E-state index contributed by atoms with van der Waals surface area (Å²) in [5.41, 5.74) is 3.47. The molecule has 0 aliphatic heterocycles. The minimum Gasteiger partial charge on any atom is -0.281 e. The van der Waals surface area contributed by atoms with E-state index < -0.39 is 7.27 Å². The third kappa shape index (κ3) is 2.87. The Balaban J connectivity index is 2.37. The second kappa shape index (κ2) is 6.28. The van der Waals surface area contributed by atoms with Gasteiger partial charge in [-0.1, -0.05) is 36.4 Å². The van der Waals surface area contributed by atoms with Crippen LogP contribution in [0.4, 0.5) is 8.63 Å². The van der Waals surface area contributed by atoms with Crippen molar-refractivity contribution in [3.05, 3.63) is 66.0 Å². The van der Waals surface area contributed by atoms with Crippen LogP contribution in [-0.4, -0.2) is 17.2 Å². The van der Waals surface area contributed by atoms with Crippen molar-refractivity contribution in [2.75, 3.05) is 0 Å². The Labute approximate surface area is 134 Å².